The SMILES string of the molecule is O=C1C2=C(CCCC2)C(=O)N1c1ccc(Cl)c(CC(Cl)P(=O)(O)O)c1. The first kappa shape index (κ1) is 18.6. The topological polar surface area (TPSA) is 94.9 Å². The zero-order valence-electron chi connectivity index (χ0n) is 13.1. The van der Waals surface area contributed by atoms with E-state index in [0.29, 0.717) is 35.2 Å². The number of amides is 2. The van der Waals surface area contributed by atoms with Crippen LogP contribution in [0.3, 0.4) is 0 Å². The number of nitrogens with zero attached hydrogens (tertiary/aromatic N) is 1. The summed E-state index contributed by atoms with van der Waals surface area (Å²) in [7, 11) is -4.48. The average Bonchev–Trinajstić information content (AvgIpc) is 2.81. The Hall–Kier alpha value is -1.17. The van der Waals surface area contributed by atoms with E-state index in [1.54, 1.807) is 6.07 Å². The normalized spacial score (nSPS) is 19.4. The van der Waals surface area contributed by atoms with Gasteiger partial charge in [0.15, 0.2) is 0 Å². The van der Waals surface area contributed by atoms with Crippen molar-refractivity contribution in [2.75, 3.05) is 4.90 Å². The first-order valence-electron chi connectivity index (χ1n) is 7.78. The Bertz CT molecular complexity index is 804. The zero-order valence-corrected chi connectivity index (χ0v) is 15.5. The summed E-state index contributed by atoms with van der Waals surface area (Å²) in [5.41, 5.74) is 1.84. The molecule has 1 aromatic carbocycles. The van der Waals surface area contributed by atoms with Gasteiger partial charge in [-0.1, -0.05) is 11.6 Å². The number of benzene rings is 1. The summed E-state index contributed by atoms with van der Waals surface area (Å²) in [6.45, 7) is 0. The second-order valence-corrected chi connectivity index (χ2v) is 9.15. The van der Waals surface area contributed by atoms with Gasteiger partial charge in [-0.15, -0.1) is 11.6 Å². The number of rotatable bonds is 4. The maximum Gasteiger partial charge on any atom is 0.343 e. The van der Waals surface area contributed by atoms with Gasteiger partial charge in [0.2, 0.25) is 0 Å². The Morgan fingerprint density at radius 3 is 2.20 bits per heavy atom. The van der Waals surface area contributed by atoms with Crippen LogP contribution in [0.4, 0.5) is 5.69 Å². The number of carbonyl (C=O) groups is 2. The van der Waals surface area contributed by atoms with E-state index >= 15 is 0 Å². The molecule has 9 heteroatoms. The average molecular weight is 404 g/mol. The predicted molar refractivity (Wildman–Crippen MR) is 94.8 cm³/mol. The molecule has 2 aliphatic rings. The molecule has 3 rings (SSSR count). The van der Waals surface area contributed by atoms with E-state index in [-0.39, 0.29) is 23.3 Å². The molecule has 1 aromatic rings. The number of hydrogen-bond acceptors (Lipinski definition) is 3. The van der Waals surface area contributed by atoms with Crippen molar-refractivity contribution in [2.24, 2.45) is 0 Å². The molecule has 2 N–H and O–H groups in total. The molecule has 1 aliphatic carbocycles. The van der Waals surface area contributed by atoms with Gasteiger partial charge >= 0.3 is 7.60 Å². The van der Waals surface area contributed by atoms with Gasteiger partial charge in [0.05, 0.1) is 5.69 Å². The molecule has 25 heavy (non-hydrogen) atoms. The lowest BCUT2D eigenvalue weighted by atomic mass is 9.93. The van der Waals surface area contributed by atoms with Gasteiger partial charge in [0.1, 0.15) is 5.12 Å². The van der Waals surface area contributed by atoms with Crippen molar-refractivity contribution in [2.45, 2.75) is 37.2 Å². The third-order valence-corrected chi connectivity index (χ3v) is 6.63. The van der Waals surface area contributed by atoms with E-state index in [0.717, 1.165) is 17.7 Å². The van der Waals surface area contributed by atoms with Crippen LogP contribution in [0.25, 0.3) is 0 Å². The Morgan fingerprint density at radius 2 is 1.68 bits per heavy atom. The van der Waals surface area contributed by atoms with Gasteiger partial charge in [0, 0.05) is 22.6 Å². The van der Waals surface area contributed by atoms with Crippen molar-refractivity contribution >= 4 is 48.3 Å². The maximum atomic E-state index is 12.6. The lowest BCUT2D eigenvalue weighted by Crippen LogP contribution is -2.31. The minimum absolute atomic E-state index is 0.179. The smallest absolute Gasteiger partial charge is 0.323 e. The van der Waals surface area contributed by atoms with Crippen molar-refractivity contribution < 1.29 is 23.9 Å². The third kappa shape index (κ3) is 3.55. The van der Waals surface area contributed by atoms with Crippen LogP contribution >= 0.6 is 30.8 Å². The van der Waals surface area contributed by atoms with Crippen LogP contribution in [-0.4, -0.2) is 26.7 Å². The highest BCUT2D eigenvalue weighted by molar-refractivity contribution is 7.54. The second kappa shape index (κ2) is 6.86. The summed E-state index contributed by atoms with van der Waals surface area (Å²) >= 11 is 11.8. The highest BCUT2D eigenvalue weighted by Gasteiger charge is 2.40. The van der Waals surface area contributed by atoms with E-state index in [4.69, 9.17) is 33.0 Å². The fraction of sp³-hybridized carbons (Fsp3) is 0.375. The molecule has 0 aromatic heterocycles. The minimum atomic E-state index is -4.48. The highest BCUT2D eigenvalue weighted by Crippen LogP contribution is 2.46. The van der Waals surface area contributed by atoms with Crippen LogP contribution in [0, 0.1) is 0 Å². The summed E-state index contributed by atoms with van der Waals surface area (Å²) < 4.78 is 11.3. The number of anilines is 1. The van der Waals surface area contributed by atoms with Gasteiger partial charge in [-0.25, -0.2) is 4.90 Å². The van der Waals surface area contributed by atoms with Crippen LogP contribution in [0.1, 0.15) is 31.2 Å². The molecule has 1 atom stereocenters. The fourth-order valence-corrected chi connectivity index (χ4v) is 3.93. The molecule has 0 fully saturated rings. The van der Waals surface area contributed by atoms with Crippen molar-refractivity contribution in [3.8, 4) is 0 Å². The quantitative estimate of drug-likeness (QED) is 0.456. The summed E-state index contributed by atoms with van der Waals surface area (Å²) in [6, 6.07) is 4.52. The number of carbonyl (C=O) groups excluding carboxylic acids is 2. The largest absolute Gasteiger partial charge is 0.343 e. The van der Waals surface area contributed by atoms with Crippen molar-refractivity contribution in [3.63, 3.8) is 0 Å². The number of imide groups is 1. The monoisotopic (exact) mass is 403 g/mol. The summed E-state index contributed by atoms with van der Waals surface area (Å²) in [6.07, 6.45) is 2.78. The van der Waals surface area contributed by atoms with E-state index < -0.39 is 12.7 Å². The van der Waals surface area contributed by atoms with Crippen LogP contribution in [0.2, 0.25) is 5.02 Å². The highest BCUT2D eigenvalue weighted by atomic mass is 35.5. The fourth-order valence-electron chi connectivity index (χ4n) is 3.13. The molecular weight excluding hydrogens is 388 g/mol. The van der Waals surface area contributed by atoms with Crippen LogP contribution in [0.5, 0.6) is 0 Å². The van der Waals surface area contributed by atoms with Crippen LogP contribution < -0.4 is 4.90 Å². The molecule has 1 heterocycles. The molecular formula is C16H16Cl2NO5P. The number of halogens is 2. The summed E-state index contributed by atoms with van der Waals surface area (Å²) in [4.78, 5) is 44.6. The molecule has 1 unspecified atom stereocenters. The number of alkyl halides is 1. The van der Waals surface area contributed by atoms with E-state index in [1.165, 1.54) is 12.1 Å². The molecule has 1 aliphatic heterocycles. The van der Waals surface area contributed by atoms with Gasteiger partial charge in [0.25, 0.3) is 11.8 Å². The molecule has 0 spiro atoms. The first-order chi connectivity index (χ1) is 11.7. The standard InChI is InChI=1S/C16H16Cl2NO5P/c17-13-6-5-10(7-9(13)8-14(18)25(22,23)24)19-15(20)11-3-1-2-4-12(11)16(19)21/h5-7,14H,1-4,8H2,(H2,22,23,24). The first-order valence-corrected chi connectivity index (χ1v) is 10.3. The van der Waals surface area contributed by atoms with Gasteiger partial charge in [-0.05, 0) is 49.4 Å². The van der Waals surface area contributed by atoms with Crippen LogP contribution in [0.15, 0.2) is 29.3 Å². The Balaban J connectivity index is 1.92. The molecule has 0 bridgehead atoms. The van der Waals surface area contributed by atoms with E-state index in [2.05, 4.69) is 0 Å². The van der Waals surface area contributed by atoms with Crippen molar-refractivity contribution in [1.82, 2.24) is 0 Å². The lowest BCUT2D eigenvalue weighted by Gasteiger charge is -2.18. The molecule has 6 nitrogen and oxygen atoms in total. The van der Waals surface area contributed by atoms with E-state index in [9.17, 15) is 14.2 Å². The summed E-state index contributed by atoms with van der Waals surface area (Å²) in [5, 5.41) is -1.17. The zero-order chi connectivity index (χ0) is 18.4. The van der Waals surface area contributed by atoms with Gasteiger partial charge in [-0.2, -0.15) is 0 Å². The number of hydrogen-bond donors (Lipinski definition) is 2. The van der Waals surface area contributed by atoms with Crippen molar-refractivity contribution in [3.05, 3.63) is 39.9 Å². The van der Waals surface area contributed by atoms with Gasteiger partial charge < -0.3 is 9.79 Å². The Labute approximate surface area is 154 Å². The van der Waals surface area contributed by atoms with Gasteiger partial charge in [-0.3, -0.25) is 14.2 Å². The maximum absolute atomic E-state index is 12.6. The van der Waals surface area contributed by atoms with Crippen molar-refractivity contribution in [1.29, 1.82) is 0 Å². The Kier molecular flexibility index (Phi) is 5.11. The Morgan fingerprint density at radius 1 is 1.12 bits per heavy atom. The predicted octanol–water partition coefficient (Wildman–Crippen LogP) is 3.37. The lowest BCUT2D eigenvalue weighted by molar-refractivity contribution is -0.120. The summed E-state index contributed by atoms with van der Waals surface area (Å²) in [5.74, 6) is -0.657. The molecule has 0 saturated carbocycles. The third-order valence-electron chi connectivity index (χ3n) is 4.43. The molecule has 134 valence electrons. The second-order valence-electron chi connectivity index (χ2n) is 6.11. The minimum Gasteiger partial charge on any atom is -0.323 e. The molecule has 0 radical (unpaired) electrons. The van der Waals surface area contributed by atoms with E-state index in [1.807, 2.05) is 0 Å². The molecule has 2 amide bonds. The van der Waals surface area contributed by atoms with Crippen LogP contribution in [-0.2, 0) is 20.6 Å². The molecule has 0 saturated heterocycles.